The first-order valence-corrected chi connectivity index (χ1v) is 11.6. The first-order valence-electron chi connectivity index (χ1n) is 11.6. The van der Waals surface area contributed by atoms with Crippen molar-refractivity contribution in [2.75, 3.05) is 44.8 Å². The number of hydrogen-bond donors (Lipinski definition) is 1. The molecule has 0 bridgehead atoms. The van der Waals surface area contributed by atoms with Crippen molar-refractivity contribution in [3.63, 3.8) is 0 Å². The number of methoxy groups -OCH3 is 1. The molecular weight excluding hydrogens is 443 g/mol. The molecule has 1 aliphatic heterocycles. The number of halogens is 1. The third-order valence-corrected chi connectivity index (χ3v) is 6.44. The first kappa shape index (κ1) is 24.0. The summed E-state index contributed by atoms with van der Waals surface area (Å²) < 4.78 is 23.0. The van der Waals surface area contributed by atoms with E-state index in [9.17, 15) is 14.7 Å². The van der Waals surface area contributed by atoms with E-state index in [0.717, 1.165) is 24.6 Å². The molecule has 1 aromatic heterocycles. The molecule has 0 amide bonds. The lowest BCUT2D eigenvalue weighted by molar-refractivity contribution is 0.0694. The molecule has 34 heavy (non-hydrogen) atoms. The molecule has 1 unspecified atom stereocenters. The van der Waals surface area contributed by atoms with Gasteiger partial charge in [0.2, 0.25) is 5.43 Å². The Labute approximate surface area is 197 Å². The van der Waals surface area contributed by atoms with Crippen molar-refractivity contribution in [2.24, 2.45) is 5.16 Å². The number of fused-ring (bicyclic) bond motifs is 1. The van der Waals surface area contributed by atoms with Crippen LogP contribution >= 0.6 is 0 Å². The summed E-state index contributed by atoms with van der Waals surface area (Å²) in [7, 11) is 1.46. The van der Waals surface area contributed by atoms with E-state index in [0.29, 0.717) is 44.0 Å². The van der Waals surface area contributed by atoms with Crippen molar-refractivity contribution in [3.05, 3.63) is 33.9 Å². The predicted octanol–water partition coefficient (Wildman–Crippen LogP) is 3.11. The molecule has 1 saturated heterocycles. The molecule has 0 radical (unpaired) electrons. The Hall–Kier alpha value is -3.14. The van der Waals surface area contributed by atoms with Crippen molar-refractivity contribution in [1.29, 1.82) is 0 Å². The number of aromatic carboxylic acids is 1. The van der Waals surface area contributed by atoms with Crippen LogP contribution in [0.5, 0.6) is 5.75 Å². The van der Waals surface area contributed by atoms with Crippen molar-refractivity contribution >= 4 is 28.3 Å². The number of benzene rings is 1. The summed E-state index contributed by atoms with van der Waals surface area (Å²) in [4.78, 5) is 33.9. The van der Waals surface area contributed by atoms with Crippen LogP contribution in [0, 0.1) is 5.82 Å². The first-order chi connectivity index (χ1) is 16.3. The quantitative estimate of drug-likeness (QED) is 0.464. The van der Waals surface area contributed by atoms with Crippen LogP contribution < -0.4 is 15.1 Å². The van der Waals surface area contributed by atoms with Gasteiger partial charge in [-0.2, -0.15) is 0 Å². The summed E-state index contributed by atoms with van der Waals surface area (Å²) in [6.45, 7) is 8.86. The number of carbonyl (C=O) groups is 1. The molecule has 1 saturated carbocycles. The van der Waals surface area contributed by atoms with Crippen LogP contribution in [0.3, 0.4) is 0 Å². The van der Waals surface area contributed by atoms with Gasteiger partial charge in [-0.15, -0.1) is 0 Å². The van der Waals surface area contributed by atoms with Gasteiger partial charge in [0.15, 0.2) is 11.6 Å². The van der Waals surface area contributed by atoms with Gasteiger partial charge in [0.25, 0.3) is 0 Å². The summed E-state index contributed by atoms with van der Waals surface area (Å²) in [6.07, 6.45) is 3.10. The van der Waals surface area contributed by atoms with Crippen LogP contribution in [0.4, 0.5) is 10.1 Å². The van der Waals surface area contributed by atoms with Gasteiger partial charge >= 0.3 is 5.97 Å². The van der Waals surface area contributed by atoms with Crippen LogP contribution in [0.2, 0.25) is 0 Å². The van der Waals surface area contributed by atoms with Crippen LogP contribution in [0.1, 0.15) is 50.0 Å². The minimum Gasteiger partial charge on any atom is -0.492 e. The zero-order valence-corrected chi connectivity index (χ0v) is 20.0. The molecule has 0 spiro atoms. The molecule has 1 N–H and O–H groups in total. The Morgan fingerprint density at radius 3 is 2.65 bits per heavy atom. The largest absolute Gasteiger partial charge is 0.492 e. The standard InChI is InChI=1S/C24H31FN4O5/c1-5-34-26-14(2)11-27-8-9-28(12-15(27)3)21-19(25)10-17-20(23(21)33-4)29(16-6-7-16)13-18(22(17)30)24(31)32/h10,13,15-16H,5-9,11-12H2,1-4H3,(H,31,32)/b26-14+. The Morgan fingerprint density at radius 1 is 1.32 bits per heavy atom. The van der Waals surface area contributed by atoms with E-state index in [2.05, 4.69) is 17.0 Å². The average Bonchev–Trinajstić information content (AvgIpc) is 3.64. The van der Waals surface area contributed by atoms with Gasteiger partial charge < -0.3 is 24.1 Å². The second-order valence-electron chi connectivity index (χ2n) is 8.96. The van der Waals surface area contributed by atoms with Gasteiger partial charge in [-0.25, -0.2) is 9.18 Å². The van der Waals surface area contributed by atoms with Crippen molar-refractivity contribution in [1.82, 2.24) is 9.47 Å². The fourth-order valence-electron chi connectivity index (χ4n) is 4.65. The zero-order chi connectivity index (χ0) is 24.6. The second kappa shape index (κ2) is 9.61. The van der Waals surface area contributed by atoms with Gasteiger partial charge in [-0.1, -0.05) is 5.16 Å². The molecule has 2 fully saturated rings. The van der Waals surface area contributed by atoms with Gasteiger partial charge in [0.1, 0.15) is 17.9 Å². The number of anilines is 1. The van der Waals surface area contributed by atoms with Crippen molar-refractivity contribution < 1.29 is 23.9 Å². The SMILES string of the molecule is CCO/N=C(\C)CN1CCN(c2c(F)cc3c(=O)c(C(=O)O)cn(C4CC4)c3c2OC)CC1C. The topological polar surface area (TPSA) is 96.6 Å². The second-order valence-corrected chi connectivity index (χ2v) is 8.96. The highest BCUT2D eigenvalue weighted by molar-refractivity contribution is 5.97. The van der Waals surface area contributed by atoms with E-state index < -0.39 is 17.2 Å². The number of aromatic nitrogens is 1. The number of nitrogens with zero attached hydrogens (tertiary/aromatic N) is 4. The van der Waals surface area contributed by atoms with Gasteiger partial charge in [0, 0.05) is 44.5 Å². The van der Waals surface area contributed by atoms with Gasteiger partial charge in [-0.3, -0.25) is 9.69 Å². The molecule has 1 atom stereocenters. The smallest absolute Gasteiger partial charge is 0.341 e. The third-order valence-electron chi connectivity index (χ3n) is 6.44. The molecule has 184 valence electrons. The summed E-state index contributed by atoms with van der Waals surface area (Å²) in [5.41, 5.74) is 0.564. The van der Waals surface area contributed by atoms with E-state index in [1.54, 1.807) is 4.57 Å². The minimum atomic E-state index is -1.32. The third kappa shape index (κ3) is 4.46. The lowest BCUT2D eigenvalue weighted by Crippen LogP contribution is -2.53. The fourth-order valence-corrected chi connectivity index (χ4v) is 4.65. The number of hydrogen-bond acceptors (Lipinski definition) is 7. The van der Waals surface area contributed by atoms with Crippen LogP contribution in [0.15, 0.2) is 22.2 Å². The Kier molecular flexibility index (Phi) is 6.79. The summed E-state index contributed by atoms with van der Waals surface area (Å²) in [5.74, 6) is -1.65. The molecule has 4 rings (SSSR count). The number of carboxylic acid groups (broad SMARTS) is 1. The average molecular weight is 475 g/mol. The Bertz CT molecular complexity index is 1190. The van der Waals surface area contributed by atoms with Crippen molar-refractivity contribution in [3.8, 4) is 5.75 Å². The van der Waals surface area contributed by atoms with Gasteiger partial charge in [0.05, 0.1) is 23.7 Å². The monoisotopic (exact) mass is 474 g/mol. The Morgan fingerprint density at radius 2 is 2.06 bits per heavy atom. The number of pyridine rings is 1. The highest BCUT2D eigenvalue weighted by Crippen LogP contribution is 2.44. The van der Waals surface area contributed by atoms with Crippen LogP contribution in [0.25, 0.3) is 10.9 Å². The fraction of sp³-hybridized carbons (Fsp3) is 0.542. The van der Waals surface area contributed by atoms with E-state index in [4.69, 9.17) is 9.57 Å². The Balaban J connectivity index is 1.74. The molecule has 1 aliphatic carbocycles. The lowest BCUT2D eigenvalue weighted by Gasteiger charge is -2.41. The molecule has 2 heterocycles. The molecule has 1 aromatic carbocycles. The maximum atomic E-state index is 15.5. The highest BCUT2D eigenvalue weighted by Gasteiger charge is 2.33. The number of carboxylic acids is 1. The van der Waals surface area contributed by atoms with E-state index in [1.165, 1.54) is 13.3 Å². The zero-order valence-electron chi connectivity index (χ0n) is 20.0. The summed E-state index contributed by atoms with van der Waals surface area (Å²) in [6, 6.07) is 1.34. The van der Waals surface area contributed by atoms with E-state index in [-0.39, 0.29) is 28.8 Å². The molecular formula is C24H31FN4O5. The normalized spacial score (nSPS) is 19.5. The molecule has 2 aromatic rings. The van der Waals surface area contributed by atoms with E-state index in [1.807, 2.05) is 18.7 Å². The van der Waals surface area contributed by atoms with Crippen LogP contribution in [-0.2, 0) is 4.84 Å². The van der Waals surface area contributed by atoms with Crippen LogP contribution in [-0.4, -0.2) is 72.2 Å². The van der Waals surface area contributed by atoms with Crippen molar-refractivity contribution in [2.45, 2.75) is 45.7 Å². The number of ether oxygens (including phenoxy) is 1. The lowest BCUT2D eigenvalue weighted by atomic mass is 10.1. The van der Waals surface area contributed by atoms with Gasteiger partial charge in [-0.05, 0) is 39.7 Å². The maximum absolute atomic E-state index is 15.5. The van der Waals surface area contributed by atoms with E-state index >= 15 is 4.39 Å². The number of rotatable bonds is 8. The number of piperazine rings is 1. The summed E-state index contributed by atoms with van der Waals surface area (Å²) >= 11 is 0. The molecule has 2 aliphatic rings. The maximum Gasteiger partial charge on any atom is 0.341 e. The number of oxime groups is 1. The minimum absolute atomic E-state index is 0.0272. The summed E-state index contributed by atoms with van der Waals surface area (Å²) in [5, 5.41) is 13.6. The molecule has 9 nitrogen and oxygen atoms in total. The molecule has 10 heteroatoms. The predicted molar refractivity (Wildman–Crippen MR) is 128 cm³/mol. The highest BCUT2D eigenvalue weighted by atomic mass is 19.1.